The second kappa shape index (κ2) is 7.07. The van der Waals surface area contributed by atoms with E-state index in [4.69, 9.17) is 4.74 Å². The first-order valence-electron chi connectivity index (χ1n) is 7.22. The zero-order chi connectivity index (χ0) is 16.1. The highest BCUT2D eigenvalue weighted by atomic mass is 19.1. The lowest BCUT2D eigenvalue weighted by molar-refractivity contribution is 0.0922. The molecule has 3 nitrogen and oxygen atoms in total. The van der Waals surface area contributed by atoms with E-state index in [1.165, 1.54) is 25.3 Å². The smallest absolute Gasteiger partial charge is 0.255 e. The van der Waals surface area contributed by atoms with Crippen molar-refractivity contribution in [2.45, 2.75) is 19.9 Å². The van der Waals surface area contributed by atoms with Gasteiger partial charge < -0.3 is 10.1 Å². The standard InChI is InChI=1S/C18H20FNO2/c1-12(2)17(13-7-5-4-6-8-13)20-18(21)15-11-14(19)9-10-16(15)22-3/h4-12,17H,1-3H3,(H,20,21). The molecule has 1 unspecified atom stereocenters. The Hall–Kier alpha value is -2.36. The van der Waals surface area contributed by atoms with Crippen molar-refractivity contribution in [3.05, 3.63) is 65.5 Å². The van der Waals surface area contributed by atoms with Crippen molar-refractivity contribution in [1.82, 2.24) is 5.32 Å². The van der Waals surface area contributed by atoms with Crippen LogP contribution in [0, 0.1) is 11.7 Å². The normalized spacial score (nSPS) is 12.0. The third-order valence-corrected chi connectivity index (χ3v) is 3.52. The van der Waals surface area contributed by atoms with E-state index in [-0.39, 0.29) is 23.4 Å². The Balaban J connectivity index is 2.28. The third-order valence-electron chi connectivity index (χ3n) is 3.52. The van der Waals surface area contributed by atoms with Gasteiger partial charge in [-0.15, -0.1) is 0 Å². The summed E-state index contributed by atoms with van der Waals surface area (Å²) in [5.41, 5.74) is 1.21. The number of methoxy groups -OCH3 is 1. The van der Waals surface area contributed by atoms with Gasteiger partial charge in [-0.25, -0.2) is 4.39 Å². The Morgan fingerprint density at radius 2 is 1.82 bits per heavy atom. The van der Waals surface area contributed by atoms with Crippen molar-refractivity contribution in [1.29, 1.82) is 0 Å². The molecule has 0 fully saturated rings. The summed E-state index contributed by atoms with van der Waals surface area (Å²) in [6, 6.07) is 13.5. The van der Waals surface area contributed by atoms with Gasteiger partial charge in [-0.2, -0.15) is 0 Å². The zero-order valence-electron chi connectivity index (χ0n) is 13.0. The van der Waals surface area contributed by atoms with Crippen molar-refractivity contribution < 1.29 is 13.9 Å². The Kier molecular flexibility index (Phi) is 5.15. The fraction of sp³-hybridized carbons (Fsp3) is 0.278. The van der Waals surface area contributed by atoms with Crippen LogP contribution >= 0.6 is 0 Å². The van der Waals surface area contributed by atoms with E-state index in [1.807, 2.05) is 44.2 Å². The quantitative estimate of drug-likeness (QED) is 0.907. The van der Waals surface area contributed by atoms with E-state index < -0.39 is 5.82 Å². The van der Waals surface area contributed by atoms with Gasteiger partial charge in [0.2, 0.25) is 0 Å². The van der Waals surface area contributed by atoms with Gasteiger partial charge >= 0.3 is 0 Å². The lowest BCUT2D eigenvalue weighted by Crippen LogP contribution is -2.32. The molecule has 0 aromatic heterocycles. The highest BCUT2D eigenvalue weighted by molar-refractivity contribution is 5.97. The van der Waals surface area contributed by atoms with Gasteiger partial charge in [-0.3, -0.25) is 4.79 Å². The van der Waals surface area contributed by atoms with E-state index in [1.54, 1.807) is 0 Å². The topological polar surface area (TPSA) is 38.3 Å². The summed E-state index contributed by atoms with van der Waals surface area (Å²) in [6.45, 7) is 4.06. The predicted octanol–water partition coefficient (Wildman–Crippen LogP) is 3.96. The SMILES string of the molecule is COc1ccc(F)cc1C(=O)NC(c1ccccc1)C(C)C. The van der Waals surface area contributed by atoms with Gasteiger partial charge in [-0.1, -0.05) is 44.2 Å². The molecule has 0 saturated heterocycles. The molecule has 0 aliphatic carbocycles. The number of hydrogen-bond donors (Lipinski definition) is 1. The monoisotopic (exact) mass is 301 g/mol. The van der Waals surface area contributed by atoms with E-state index in [2.05, 4.69) is 5.32 Å². The summed E-state index contributed by atoms with van der Waals surface area (Å²) in [6.07, 6.45) is 0. The van der Waals surface area contributed by atoms with Crippen LogP contribution in [0.1, 0.15) is 35.8 Å². The molecule has 1 N–H and O–H groups in total. The van der Waals surface area contributed by atoms with Crippen molar-refractivity contribution >= 4 is 5.91 Å². The van der Waals surface area contributed by atoms with Crippen LogP contribution in [0.4, 0.5) is 4.39 Å². The first kappa shape index (κ1) is 16.0. The van der Waals surface area contributed by atoms with Crippen molar-refractivity contribution in [3.8, 4) is 5.75 Å². The molecule has 22 heavy (non-hydrogen) atoms. The maximum Gasteiger partial charge on any atom is 0.255 e. The number of ether oxygens (including phenoxy) is 1. The molecule has 0 aliphatic rings. The summed E-state index contributed by atoms with van der Waals surface area (Å²) >= 11 is 0. The summed E-state index contributed by atoms with van der Waals surface area (Å²) in [5.74, 6) is -0.258. The molecule has 0 radical (unpaired) electrons. The molecule has 0 saturated carbocycles. The van der Waals surface area contributed by atoms with Crippen LogP contribution in [0.25, 0.3) is 0 Å². The maximum atomic E-state index is 13.4. The van der Waals surface area contributed by atoms with Gasteiger partial charge in [0.15, 0.2) is 0 Å². The number of benzene rings is 2. The molecule has 0 bridgehead atoms. The average molecular weight is 301 g/mol. The van der Waals surface area contributed by atoms with Crippen LogP contribution < -0.4 is 10.1 Å². The highest BCUT2D eigenvalue weighted by Crippen LogP contribution is 2.24. The van der Waals surface area contributed by atoms with Gasteiger partial charge in [-0.05, 0) is 29.7 Å². The van der Waals surface area contributed by atoms with Gasteiger partial charge in [0.1, 0.15) is 11.6 Å². The number of carbonyl (C=O) groups excluding carboxylic acids is 1. The first-order chi connectivity index (χ1) is 10.5. The summed E-state index contributed by atoms with van der Waals surface area (Å²) in [4.78, 5) is 12.5. The second-order valence-electron chi connectivity index (χ2n) is 5.45. The largest absolute Gasteiger partial charge is 0.496 e. The van der Waals surface area contributed by atoms with E-state index in [0.717, 1.165) is 5.56 Å². The highest BCUT2D eigenvalue weighted by Gasteiger charge is 2.21. The molecule has 1 amide bonds. The minimum atomic E-state index is -0.466. The first-order valence-corrected chi connectivity index (χ1v) is 7.22. The Labute approximate surface area is 130 Å². The van der Waals surface area contributed by atoms with Crippen molar-refractivity contribution in [2.24, 2.45) is 5.92 Å². The molecule has 0 aliphatic heterocycles. The van der Waals surface area contributed by atoms with Crippen LogP contribution in [0.5, 0.6) is 5.75 Å². The molecule has 0 spiro atoms. The Morgan fingerprint density at radius 3 is 2.41 bits per heavy atom. The summed E-state index contributed by atoms with van der Waals surface area (Å²) < 4.78 is 18.6. The molecular weight excluding hydrogens is 281 g/mol. The summed E-state index contributed by atoms with van der Waals surface area (Å²) in [5, 5.41) is 2.97. The number of halogens is 1. The lowest BCUT2D eigenvalue weighted by atomic mass is 9.95. The van der Waals surface area contributed by atoms with Crippen LogP contribution in [-0.4, -0.2) is 13.0 Å². The fourth-order valence-corrected chi connectivity index (χ4v) is 2.37. The van der Waals surface area contributed by atoms with Crippen LogP contribution in [0.15, 0.2) is 48.5 Å². The minimum absolute atomic E-state index is 0.151. The molecule has 2 aromatic rings. The molecule has 1 atom stereocenters. The summed E-state index contributed by atoms with van der Waals surface area (Å²) in [7, 11) is 1.46. The Morgan fingerprint density at radius 1 is 1.14 bits per heavy atom. The molecule has 2 aromatic carbocycles. The predicted molar refractivity (Wildman–Crippen MR) is 84.4 cm³/mol. The second-order valence-corrected chi connectivity index (χ2v) is 5.45. The third kappa shape index (κ3) is 3.64. The number of rotatable bonds is 5. The van der Waals surface area contributed by atoms with Crippen molar-refractivity contribution in [3.63, 3.8) is 0 Å². The van der Waals surface area contributed by atoms with Crippen LogP contribution in [0.3, 0.4) is 0 Å². The maximum absolute atomic E-state index is 13.4. The number of amides is 1. The molecule has 2 rings (SSSR count). The Bertz CT molecular complexity index is 641. The van der Waals surface area contributed by atoms with E-state index >= 15 is 0 Å². The van der Waals surface area contributed by atoms with Gasteiger partial charge in [0.25, 0.3) is 5.91 Å². The molecular formula is C18H20FNO2. The van der Waals surface area contributed by atoms with E-state index in [9.17, 15) is 9.18 Å². The van der Waals surface area contributed by atoms with E-state index in [0.29, 0.717) is 5.75 Å². The number of nitrogens with one attached hydrogen (secondary N) is 1. The molecule has 116 valence electrons. The fourth-order valence-electron chi connectivity index (χ4n) is 2.37. The minimum Gasteiger partial charge on any atom is -0.496 e. The van der Waals surface area contributed by atoms with Gasteiger partial charge in [0, 0.05) is 0 Å². The molecule has 0 heterocycles. The lowest BCUT2D eigenvalue weighted by Gasteiger charge is -2.23. The number of hydrogen-bond acceptors (Lipinski definition) is 2. The van der Waals surface area contributed by atoms with Crippen molar-refractivity contribution in [2.75, 3.05) is 7.11 Å². The average Bonchev–Trinajstić information content (AvgIpc) is 2.52. The zero-order valence-corrected chi connectivity index (χ0v) is 13.0. The van der Waals surface area contributed by atoms with Crippen LogP contribution in [-0.2, 0) is 0 Å². The van der Waals surface area contributed by atoms with Gasteiger partial charge in [0.05, 0.1) is 18.7 Å². The van der Waals surface area contributed by atoms with Crippen LogP contribution in [0.2, 0.25) is 0 Å². The number of carbonyl (C=O) groups is 1. The molecule has 4 heteroatoms.